The molecule has 1 atom stereocenters. The predicted octanol–water partition coefficient (Wildman–Crippen LogP) is 4.22. The van der Waals surface area contributed by atoms with Gasteiger partial charge in [-0.15, -0.1) is 4.40 Å². The Morgan fingerprint density at radius 3 is 2.49 bits per heavy atom. The van der Waals surface area contributed by atoms with Crippen LogP contribution in [0.1, 0.15) is 37.8 Å². The molecule has 0 saturated heterocycles. The highest BCUT2D eigenvalue weighted by Gasteiger charge is 2.54. The average Bonchev–Trinajstić information content (AvgIpc) is 2.78. The molecule has 0 unspecified atom stereocenters. The number of ketones is 1. The number of hydrogen-bond acceptors (Lipinski definition) is 9. The Balaban J connectivity index is 1.88. The number of aliphatic carboxylic acids is 1. The van der Waals surface area contributed by atoms with Crippen LogP contribution in [0.4, 0.5) is 11.4 Å². The maximum atomic E-state index is 14.0. The van der Waals surface area contributed by atoms with Crippen molar-refractivity contribution < 1.29 is 37.3 Å². The number of sulfonamides is 1. The molecule has 37 heavy (non-hydrogen) atoms. The summed E-state index contributed by atoms with van der Waals surface area (Å²) in [4.78, 5) is 26.6. The summed E-state index contributed by atoms with van der Waals surface area (Å²) in [6, 6.07) is 10.1. The number of anilines is 2. The van der Waals surface area contributed by atoms with Crippen LogP contribution in [-0.4, -0.2) is 51.6 Å². The number of carboxylic acids is 1. The van der Waals surface area contributed by atoms with Crippen molar-refractivity contribution in [3.05, 3.63) is 59.2 Å². The second-order valence-corrected chi connectivity index (χ2v) is 12.8. The van der Waals surface area contributed by atoms with Gasteiger partial charge in [0.15, 0.2) is 17.0 Å². The van der Waals surface area contributed by atoms with Gasteiger partial charge < -0.3 is 15.5 Å². The van der Waals surface area contributed by atoms with E-state index < -0.39 is 55.1 Å². The summed E-state index contributed by atoms with van der Waals surface area (Å²) in [5.74, 6) is -3.18. The van der Waals surface area contributed by atoms with Crippen LogP contribution in [0.3, 0.4) is 0 Å². The van der Waals surface area contributed by atoms with E-state index in [9.17, 15) is 37.3 Å². The summed E-state index contributed by atoms with van der Waals surface area (Å²) in [7, 11) is -7.63. The van der Waals surface area contributed by atoms with E-state index in [0.717, 1.165) is 6.26 Å². The smallest absolute Gasteiger partial charge is 0.322 e. The molecule has 0 amide bonds. The molecule has 0 saturated carbocycles. The summed E-state index contributed by atoms with van der Waals surface area (Å²) < 4.78 is 51.0. The van der Waals surface area contributed by atoms with E-state index in [1.165, 1.54) is 30.3 Å². The third kappa shape index (κ3) is 4.70. The number of aliphatic hydroxyl groups is 1. The second kappa shape index (κ2) is 9.17. The fourth-order valence-corrected chi connectivity index (χ4v) is 6.24. The molecule has 0 bridgehead atoms. The lowest BCUT2D eigenvalue weighted by Crippen LogP contribution is -2.49. The Morgan fingerprint density at radius 2 is 1.86 bits per heavy atom. The third-order valence-corrected chi connectivity index (χ3v) is 8.22. The van der Waals surface area contributed by atoms with Crippen molar-refractivity contribution in [2.24, 2.45) is 10.3 Å². The number of nitrogens with one attached hydrogen (secondary N) is 2. The first-order chi connectivity index (χ1) is 17.2. The molecular formula is C24H27N3O8S2. The van der Waals surface area contributed by atoms with Gasteiger partial charge in [-0.25, -0.2) is 8.42 Å². The second-order valence-electron chi connectivity index (χ2n) is 9.41. The molecular weight excluding hydrogens is 522 g/mol. The predicted molar refractivity (Wildman–Crippen MR) is 141 cm³/mol. The minimum Gasteiger partial charge on any atom is -0.506 e. The van der Waals surface area contributed by atoms with Crippen LogP contribution in [0.15, 0.2) is 57.3 Å². The molecule has 1 heterocycles. The van der Waals surface area contributed by atoms with E-state index in [1.54, 1.807) is 12.1 Å². The van der Waals surface area contributed by atoms with E-state index in [0.29, 0.717) is 6.42 Å². The standard InChI is InChI=1S/C24H27N3O8S2/c1-13(2)10-11-24(23(30)31)16-7-5-4-6-15(16)20(28)19(21(24)29)22-25-17-9-8-14(26-36(3,32)33)12-18(17)37(34,35)27-22/h4-9,12-13,26,28,34-35H,10-11H2,1-3H3,(H,25,27)(H,30,31)/t24-/m0/s1. The van der Waals surface area contributed by atoms with Gasteiger partial charge in [-0.05, 0) is 42.5 Å². The van der Waals surface area contributed by atoms with Crippen LogP contribution in [0.2, 0.25) is 0 Å². The van der Waals surface area contributed by atoms with Gasteiger partial charge in [0.1, 0.15) is 16.2 Å². The molecule has 11 nitrogen and oxygen atoms in total. The Kier molecular flexibility index (Phi) is 6.61. The Hall–Kier alpha value is -3.39. The van der Waals surface area contributed by atoms with E-state index >= 15 is 0 Å². The normalized spacial score (nSPS) is 21.5. The number of hydrogen-bond donors (Lipinski definition) is 6. The number of nitrogens with zero attached hydrogens (tertiary/aromatic N) is 1. The lowest BCUT2D eigenvalue weighted by atomic mass is 9.65. The first-order valence-corrected chi connectivity index (χ1v) is 14.7. The minimum absolute atomic E-state index is 0.0483. The third-order valence-electron chi connectivity index (χ3n) is 6.24. The highest BCUT2D eigenvalue weighted by atomic mass is 32.3. The zero-order chi connectivity index (χ0) is 27.3. The van der Waals surface area contributed by atoms with Crippen LogP contribution in [-0.2, 0) is 25.0 Å². The molecule has 1 aliphatic heterocycles. The van der Waals surface area contributed by atoms with Gasteiger partial charge in [0.25, 0.3) is 0 Å². The fraction of sp³-hybridized carbons (Fsp3) is 0.292. The summed E-state index contributed by atoms with van der Waals surface area (Å²) in [6.07, 6.45) is 1.29. The molecule has 0 radical (unpaired) electrons. The van der Waals surface area contributed by atoms with Crippen LogP contribution in [0, 0.1) is 5.92 Å². The molecule has 0 spiro atoms. The van der Waals surface area contributed by atoms with Crippen molar-refractivity contribution in [3.8, 4) is 0 Å². The number of carboxylic acid groups (broad SMARTS) is 1. The highest BCUT2D eigenvalue weighted by molar-refractivity contribution is 8.23. The molecule has 0 aromatic heterocycles. The number of carbonyl (C=O) groups is 2. The number of fused-ring (bicyclic) bond motifs is 2. The summed E-state index contributed by atoms with van der Waals surface area (Å²) in [5, 5.41) is 24.3. The number of carbonyl (C=O) groups excluding carboxylic acids is 1. The van der Waals surface area contributed by atoms with E-state index in [1.807, 2.05) is 13.8 Å². The molecule has 4 rings (SSSR count). The largest absolute Gasteiger partial charge is 0.506 e. The quantitative estimate of drug-likeness (QED) is 0.275. The lowest BCUT2D eigenvalue weighted by molar-refractivity contribution is -0.148. The van der Waals surface area contributed by atoms with Gasteiger partial charge in [-0.3, -0.25) is 23.4 Å². The molecule has 2 aromatic carbocycles. The number of Topliss-reactive ketones (excluding diaryl/α,β-unsaturated/α-hetero) is 1. The van der Waals surface area contributed by atoms with Gasteiger partial charge in [0, 0.05) is 5.56 Å². The summed E-state index contributed by atoms with van der Waals surface area (Å²) >= 11 is 0. The zero-order valence-electron chi connectivity index (χ0n) is 20.2. The summed E-state index contributed by atoms with van der Waals surface area (Å²) in [6.45, 7) is 3.80. The number of amidine groups is 1. The highest BCUT2D eigenvalue weighted by Crippen LogP contribution is 2.57. The minimum atomic E-state index is -3.98. The average molecular weight is 550 g/mol. The van der Waals surface area contributed by atoms with Crippen molar-refractivity contribution in [2.75, 3.05) is 16.3 Å². The Bertz CT molecular complexity index is 1480. The van der Waals surface area contributed by atoms with Crippen molar-refractivity contribution in [2.45, 2.75) is 37.0 Å². The zero-order valence-corrected chi connectivity index (χ0v) is 21.9. The molecule has 2 aromatic rings. The molecule has 1 aliphatic carbocycles. The van der Waals surface area contributed by atoms with Gasteiger partial charge in [-0.2, -0.15) is 0 Å². The van der Waals surface area contributed by atoms with Gasteiger partial charge in [-0.1, -0.05) is 48.9 Å². The number of aliphatic hydroxyl groups excluding tert-OH is 1. The Labute approximate surface area is 215 Å². The fourth-order valence-electron chi connectivity index (χ4n) is 4.50. The molecule has 198 valence electrons. The lowest BCUT2D eigenvalue weighted by Gasteiger charge is -2.38. The maximum Gasteiger partial charge on any atom is 0.322 e. The van der Waals surface area contributed by atoms with Crippen molar-refractivity contribution in [1.29, 1.82) is 0 Å². The van der Waals surface area contributed by atoms with Gasteiger partial charge in [0.05, 0.1) is 17.6 Å². The molecule has 6 N–H and O–H groups in total. The van der Waals surface area contributed by atoms with E-state index in [4.69, 9.17) is 0 Å². The molecule has 2 aliphatic rings. The van der Waals surface area contributed by atoms with Crippen molar-refractivity contribution in [3.63, 3.8) is 0 Å². The Morgan fingerprint density at radius 1 is 1.19 bits per heavy atom. The topological polar surface area (TPSA) is 186 Å². The van der Waals surface area contributed by atoms with Gasteiger partial charge >= 0.3 is 5.97 Å². The van der Waals surface area contributed by atoms with Crippen LogP contribution in [0.5, 0.6) is 0 Å². The first kappa shape index (κ1) is 26.7. The molecule has 0 fully saturated rings. The van der Waals surface area contributed by atoms with Crippen molar-refractivity contribution in [1.82, 2.24) is 0 Å². The monoisotopic (exact) mass is 549 g/mol. The number of benzene rings is 2. The maximum absolute atomic E-state index is 14.0. The van der Waals surface area contributed by atoms with Gasteiger partial charge in [0.2, 0.25) is 10.0 Å². The van der Waals surface area contributed by atoms with E-state index in [2.05, 4.69) is 14.4 Å². The van der Waals surface area contributed by atoms with Crippen LogP contribution in [0.25, 0.3) is 5.76 Å². The SMILES string of the molecule is CC(C)CC[C@@]1(C(=O)O)C(=O)C(C2=NS(O)(O)c3cc(NS(C)(=O)=O)ccc3N2)=C(O)c2ccccc21. The van der Waals surface area contributed by atoms with E-state index in [-0.39, 0.29) is 39.7 Å². The van der Waals surface area contributed by atoms with Crippen molar-refractivity contribution >= 4 is 55.5 Å². The van der Waals surface area contributed by atoms with Crippen LogP contribution >= 0.6 is 10.8 Å². The summed E-state index contributed by atoms with van der Waals surface area (Å²) in [5.41, 5.74) is -2.08. The molecule has 13 heteroatoms. The first-order valence-electron chi connectivity index (χ1n) is 11.3. The number of rotatable bonds is 7. The van der Waals surface area contributed by atoms with Crippen LogP contribution < -0.4 is 10.0 Å².